The van der Waals surface area contributed by atoms with Crippen LogP contribution in [-0.4, -0.2) is 9.55 Å². The van der Waals surface area contributed by atoms with E-state index in [-0.39, 0.29) is 0 Å². The van der Waals surface area contributed by atoms with E-state index < -0.39 is 0 Å². The van der Waals surface area contributed by atoms with Gasteiger partial charge in [0, 0.05) is 25.4 Å². The van der Waals surface area contributed by atoms with Gasteiger partial charge in [0.15, 0.2) is 0 Å². The van der Waals surface area contributed by atoms with Gasteiger partial charge in [-0.1, -0.05) is 18.2 Å². The van der Waals surface area contributed by atoms with Gasteiger partial charge < -0.3 is 4.57 Å². The molecule has 0 aliphatic carbocycles. The molecule has 2 nitrogen and oxygen atoms in total. The molecule has 0 spiro atoms. The number of rotatable bonds is 4. The van der Waals surface area contributed by atoms with Crippen molar-refractivity contribution in [1.82, 2.24) is 9.55 Å². The molecule has 0 aliphatic rings. The Kier molecular flexibility index (Phi) is 3.62. The summed E-state index contributed by atoms with van der Waals surface area (Å²) in [4.78, 5) is 4.42. The van der Waals surface area contributed by atoms with Gasteiger partial charge in [0.25, 0.3) is 0 Å². The Hall–Kier alpha value is -1.57. The first-order valence-electron chi connectivity index (χ1n) is 6.27. The third-order valence-electron chi connectivity index (χ3n) is 3.39. The van der Waals surface area contributed by atoms with Crippen molar-refractivity contribution in [2.45, 2.75) is 40.2 Å². The Labute approximate surface area is 103 Å². The van der Waals surface area contributed by atoms with E-state index in [1.54, 1.807) is 0 Å². The monoisotopic (exact) mass is 228 g/mol. The third-order valence-corrected chi connectivity index (χ3v) is 3.39. The highest BCUT2D eigenvalue weighted by molar-refractivity contribution is 5.33. The number of aromatic nitrogens is 2. The molecule has 0 radical (unpaired) electrons. The number of aryl methyl sites for hydroxylation is 4. The molecule has 90 valence electrons. The summed E-state index contributed by atoms with van der Waals surface area (Å²) in [5.41, 5.74) is 4.25. The maximum atomic E-state index is 4.42. The molecule has 17 heavy (non-hydrogen) atoms. The molecular formula is C15H20N2. The smallest absolute Gasteiger partial charge is 0.108 e. The van der Waals surface area contributed by atoms with Crippen molar-refractivity contribution >= 4 is 0 Å². The fourth-order valence-corrected chi connectivity index (χ4v) is 2.34. The van der Waals surface area contributed by atoms with Gasteiger partial charge in [0.1, 0.15) is 5.82 Å². The van der Waals surface area contributed by atoms with E-state index >= 15 is 0 Å². The van der Waals surface area contributed by atoms with Crippen LogP contribution in [0.1, 0.15) is 29.4 Å². The Bertz CT molecular complexity index is 477. The first kappa shape index (κ1) is 11.9. The second kappa shape index (κ2) is 5.17. The fraction of sp³-hybridized carbons (Fsp3) is 0.400. The molecule has 0 unspecified atom stereocenters. The number of benzene rings is 1. The summed E-state index contributed by atoms with van der Waals surface area (Å²) in [6.07, 6.45) is 6.05. The zero-order chi connectivity index (χ0) is 12.3. The maximum absolute atomic E-state index is 4.42. The lowest BCUT2D eigenvalue weighted by atomic mass is 9.98. The zero-order valence-corrected chi connectivity index (χ0v) is 10.9. The van der Waals surface area contributed by atoms with E-state index in [1.807, 2.05) is 6.20 Å². The van der Waals surface area contributed by atoms with Crippen LogP contribution in [0.25, 0.3) is 0 Å². The van der Waals surface area contributed by atoms with Gasteiger partial charge >= 0.3 is 0 Å². The third kappa shape index (κ3) is 2.57. The molecule has 0 bridgehead atoms. The Morgan fingerprint density at radius 1 is 1.12 bits per heavy atom. The van der Waals surface area contributed by atoms with Crippen molar-refractivity contribution in [3.8, 4) is 0 Å². The average molecular weight is 228 g/mol. The summed E-state index contributed by atoms with van der Waals surface area (Å²) in [5.74, 6) is 1.19. The largest absolute Gasteiger partial charge is 0.335 e. The van der Waals surface area contributed by atoms with E-state index in [0.29, 0.717) is 0 Å². The van der Waals surface area contributed by atoms with Crippen molar-refractivity contribution in [3.05, 3.63) is 53.1 Å². The van der Waals surface area contributed by atoms with E-state index in [2.05, 4.69) is 54.7 Å². The van der Waals surface area contributed by atoms with Crippen LogP contribution in [0, 0.1) is 13.8 Å². The highest BCUT2D eigenvalue weighted by atomic mass is 15.0. The second-order valence-corrected chi connectivity index (χ2v) is 4.50. The van der Waals surface area contributed by atoms with E-state index in [9.17, 15) is 0 Å². The predicted molar refractivity (Wildman–Crippen MR) is 71.2 cm³/mol. The van der Waals surface area contributed by atoms with Crippen LogP contribution >= 0.6 is 0 Å². The minimum Gasteiger partial charge on any atom is -0.335 e. The van der Waals surface area contributed by atoms with Gasteiger partial charge in [-0.3, -0.25) is 0 Å². The first-order chi connectivity index (χ1) is 8.22. The highest BCUT2D eigenvalue weighted by Gasteiger charge is 2.05. The molecule has 2 heteroatoms. The van der Waals surface area contributed by atoms with Crippen LogP contribution < -0.4 is 0 Å². The van der Waals surface area contributed by atoms with Crippen LogP contribution in [0.15, 0.2) is 30.6 Å². The van der Waals surface area contributed by atoms with E-state index in [1.165, 1.54) is 22.5 Å². The molecule has 0 amide bonds. The van der Waals surface area contributed by atoms with Gasteiger partial charge in [-0.05, 0) is 43.9 Å². The molecule has 0 N–H and O–H groups in total. The second-order valence-electron chi connectivity index (χ2n) is 4.50. The summed E-state index contributed by atoms with van der Waals surface area (Å²) in [5, 5.41) is 0. The van der Waals surface area contributed by atoms with Crippen LogP contribution in [-0.2, 0) is 19.4 Å². The average Bonchev–Trinajstić information content (AvgIpc) is 2.76. The van der Waals surface area contributed by atoms with E-state index in [0.717, 1.165) is 19.4 Å². The summed E-state index contributed by atoms with van der Waals surface area (Å²) in [6, 6.07) is 6.50. The lowest BCUT2D eigenvalue weighted by Gasteiger charge is -2.10. The Balaban J connectivity index is 2.13. The molecular weight excluding hydrogens is 208 g/mol. The topological polar surface area (TPSA) is 17.8 Å². The van der Waals surface area contributed by atoms with Crippen LogP contribution in [0.4, 0.5) is 0 Å². The molecule has 0 aliphatic heterocycles. The molecule has 2 rings (SSSR count). The van der Waals surface area contributed by atoms with Crippen molar-refractivity contribution in [1.29, 1.82) is 0 Å². The van der Waals surface area contributed by atoms with Gasteiger partial charge in [-0.15, -0.1) is 0 Å². The summed E-state index contributed by atoms with van der Waals surface area (Å²) in [7, 11) is 0. The van der Waals surface area contributed by atoms with Gasteiger partial charge in [-0.2, -0.15) is 0 Å². The molecule has 0 saturated heterocycles. The van der Waals surface area contributed by atoms with Crippen LogP contribution in [0.3, 0.4) is 0 Å². The minimum atomic E-state index is 1.00. The summed E-state index contributed by atoms with van der Waals surface area (Å²) < 4.78 is 2.22. The SMILES string of the molecule is CCn1ccnc1CCc1c(C)cccc1C. The molecule has 1 aromatic carbocycles. The fourth-order valence-electron chi connectivity index (χ4n) is 2.34. The molecule has 0 fully saturated rings. The lowest BCUT2D eigenvalue weighted by molar-refractivity contribution is 0.688. The molecule has 1 heterocycles. The van der Waals surface area contributed by atoms with Crippen molar-refractivity contribution < 1.29 is 0 Å². The highest BCUT2D eigenvalue weighted by Crippen LogP contribution is 2.15. The van der Waals surface area contributed by atoms with Gasteiger partial charge in [-0.25, -0.2) is 4.98 Å². The summed E-state index contributed by atoms with van der Waals surface area (Å²) in [6.45, 7) is 7.54. The number of hydrogen-bond donors (Lipinski definition) is 0. The quantitative estimate of drug-likeness (QED) is 0.785. The number of hydrogen-bond acceptors (Lipinski definition) is 1. The van der Waals surface area contributed by atoms with Crippen molar-refractivity contribution in [2.75, 3.05) is 0 Å². The van der Waals surface area contributed by atoms with Crippen LogP contribution in [0.2, 0.25) is 0 Å². The molecule has 0 atom stereocenters. The van der Waals surface area contributed by atoms with E-state index in [4.69, 9.17) is 0 Å². The van der Waals surface area contributed by atoms with Crippen molar-refractivity contribution in [3.63, 3.8) is 0 Å². The van der Waals surface area contributed by atoms with Gasteiger partial charge in [0.2, 0.25) is 0 Å². The number of nitrogens with zero attached hydrogens (tertiary/aromatic N) is 2. The normalized spacial score (nSPS) is 10.8. The Morgan fingerprint density at radius 2 is 1.82 bits per heavy atom. The van der Waals surface area contributed by atoms with Crippen molar-refractivity contribution in [2.24, 2.45) is 0 Å². The predicted octanol–water partition coefficient (Wildman–Crippen LogP) is 3.31. The van der Waals surface area contributed by atoms with Gasteiger partial charge in [0.05, 0.1) is 0 Å². The minimum absolute atomic E-state index is 1.00. The molecule has 2 aromatic rings. The Morgan fingerprint density at radius 3 is 2.47 bits per heavy atom. The van der Waals surface area contributed by atoms with Crippen LogP contribution in [0.5, 0.6) is 0 Å². The zero-order valence-electron chi connectivity index (χ0n) is 10.9. The maximum Gasteiger partial charge on any atom is 0.108 e. The lowest BCUT2D eigenvalue weighted by Crippen LogP contribution is -2.04. The number of imidazole rings is 1. The standard InChI is InChI=1S/C15H20N2/c1-4-17-11-10-16-15(17)9-8-14-12(2)6-5-7-13(14)3/h5-7,10-11H,4,8-9H2,1-3H3. The molecule has 1 aromatic heterocycles. The summed E-state index contributed by atoms with van der Waals surface area (Å²) >= 11 is 0. The molecule has 0 saturated carbocycles. The first-order valence-corrected chi connectivity index (χ1v) is 6.27.